The van der Waals surface area contributed by atoms with Gasteiger partial charge in [0.1, 0.15) is 0 Å². The molecule has 1 aliphatic heterocycles. The molecule has 3 nitrogen and oxygen atoms in total. The van der Waals surface area contributed by atoms with Crippen molar-refractivity contribution in [2.45, 2.75) is 46.0 Å². The van der Waals surface area contributed by atoms with Gasteiger partial charge >= 0.3 is 0 Å². The largest absolute Gasteiger partial charge is 0.342 e. The van der Waals surface area contributed by atoms with Gasteiger partial charge in [-0.25, -0.2) is 0 Å². The number of hydrogen-bond donors (Lipinski definition) is 1. The summed E-state index contributed by atoms with van der Waals surface area (Å²) in [6, 6.07) is 0. The Labute approximate surface area is 99.6 Å². The molecule has 0 aromatic rings. The van der Waals surface area contributed by atoms with E-state index in [1.54, 1.807) is 0 Å². The van der Waals surface area contributed by atoms with Gasteiger partial charge < -0.3 is 10.2 Å². The molecule has 0 saturated carbocycles. The van der Waals surface area contributed by atoms with Crippen LogP contribution in [0.5, 0.6) is 0 Å². The number of rotatable bonds is 6. The molecule has 3 heteroatoms. The molecule has 1 heterocycles. The minimum Gasteiger partial charge on any atom is -0.342 e. The van der Waals surface area contributed by atoms with Crippen LogP contribution in [0.25, 0.3) is 0 Å². The lowest BCUT2D eigenvalue weighted by atomic mass is 10.00. The first-order valence-electron chi connectivity index (χ1n) is 6.72. The van der Waals surface area contributed by atoms with Crippen molar-refractivity contribution in [3.8, 4) is 0 Å². The van der Waals surface area contributed by atoms with Gasteiger partial charge in [-0.2, -0.15) is 0 Å². The summed E-state index contributed by atoms with van der Waals surface area (Å²) in [5.41, 5.74) is 0. The molecular weight excluding hydrogens is 200 g/mol. The van der Waals surface area contributed by atoms with Crippen LogP contribution in [0.2, 0.25) is 0 Å². The Kier molecular flexibility index (Phi) is 6.46. The zero-order valence-corrected chi connectivity index (χ0v) is 10.8. The minimum atomic E-state index is 0.329. The number of hydrogen-bond acceptors (Lipinski definition) is 2. The number of nitrogens with one attached hydrogen (secondary N) is 1. The lowest BCUT2D eigenvalue weighted by molar-refractivity contribution is -0.132. The zero-order chi connectivity index (χ0) is 11.8. The summed E-state index contributed by atoms with van der Waals surface area (Å²) in [6.07, 6.45) is 5.53. The van der Waals surface area contributed by atoms with E-state index in [1.807, 2.05) is 4.90 Å². The second kappa shape index (κ2) is 7.66. The second-order valence-electron chi connectivity index (χ2n) is 4.94. The summed E-state index contributed by atoms with van der Waals surface area (Å²) < 4.78 is 0. The van der Waals surface area contributed by atoms with Gasteiger partial charge in [-0.05, 0) is 31.7 Å². The molecule has 94 valence electrons. The van der Waals surface area contributed by atoms with Crippen LogP contribution >= 0.6 is 0 Å². The second-order valence-corrected chi connectivity index (χ2v) is 4.94. The monoisotopic (exact) mass is 226 g/mol. The molecule has 1 unspecified atom stereocenters. The summed E-state index contributed by atoms with van der Waals surface area (Å²) in [5.74, 6) is 1.02. The van der Waals surface area contributed by atoms with Crippen molar-refractivity contribution in [2.24, 2.45) is 5.92 Å². The van der Waals surface area contributed by atoms with Crippen LogP contribution in [0.3, 0.4) is 0 Å². The first-order chi connectivity index (χ1) is 7.74. The number of piperidine rings is 1. The fourth-order valence-corrected chi connectivity index (χ4v) is 2.20. The molecule has 0 aromatic carbocycles. The molecular formula is C13H26N2O. The Hall–Kier alpha value is -0.570. The maximum Gasteiger partial charge on any atom is 0.223 e. The first-order valence-corrected chi connectivity index (χ1v) is 6.72. The molecule has 0 aromatic heterocycles. The fraction of sp³-hybridized carbons (Fsp3) is 0.923. The summed E-state index contributed by atoms with van der Waals surface area (Å²) in [7, 11) is 0. The summed E-state index contributed by atoms with van der Waals surface area (Å²) in [4.78, 5) is 13.9. The van der Waals surface area contributed by atoms with Crippen LogP contribution in [0.4, 0.5) is 0 Å². The van der Waals surface area contributed by atoms with Crippen LogP contribution in [-0.2, 0) is 4.79 Å². The molecule has 0 spiro atoms. The van der Waals surface area contributed by atoms with E-state index in [4.69, 9.17) is 0 Å². The Morgan fingerprint density at radius 2 is 2.25 bits per heavy atom. The lowest BCUT2D eigenvalue weighted by Gasteiger charge is -2.31. The highest BCUT2D eigenvalue weighted by molar-refractivity contribution is 5.76. The van der Waals surface area contributed by atoms with Crippen molar-refractivity contribution in [3.05, 3.63) is 0 Å². The van der Waals surface area contributed by atoms with Gasteiger partial charge in [-0.15, -0.1) is 0 Å². The highest BCUT2D eigenvalue weighted by atomic mass is 16.2. The van der Waals surface area contributed by atoms with Crippen molar-refractivity contribution in [2.75, 3.05) is 26.2 Å². The summed E-state index contributed by atoms with van der Waals surface area (Å²) >= 11 is 0. The summed E-state index contributed by atoms with van der Waals surface area (Å²) in [6.45, 7) is 8.23. The van der Waals surface area contributed by atoms with Crippen LogP contribution in [-0.4, -0.2) is 37.0 Å². The molecule has 1 atom stereocenters. The van der Waals surface area contributed by atoms with Gasteiger partial charge in [0.25, 0.3) is 0 Å². The third kappa shape index (κ3) is 4.97. The molecule has 0 aliphatic carbocycles. The van der Waals surface area contributed by atoms with E-state index < -0.39 is 0 Å². The molecule has 1 N–H and O–H groups in total. The lowest BCUT2D eigenvalue weighted by Crippen LogP contribution is -2.40. The van der Waals surface area contributed by atoms with Crippen molar-refractivity contribution < 1.29 is 4.79 Å². The van der Waals surface area contributed by atoms with Gasteiger partial charge in [0, 0.05) is 26.1 Å². The van der Waals surface area contributed by atoms with E-state index in [2.05, 4.69) is 19.2 Å². The van der Waals surface area contributed by atoms with Crippen molar-refractivity contribution in [1.82, 2.24) is 10.2 Å². The molecule has 1 amide bonds. The quantitative estimate of drug-likeness (QED) is 0.703. The number of likely N-dealkylation sites (tertiary alicyclic amines) is 1. The third-order valence-electron chi connectivity index (χ3n) is 3.23. The number of carbonyl (C=O) groups excluding carboxylic acids is 1. The van der Waals surface area contributed by atoms with Crippen LogP contribution in [0, 0.1) is 5.92 Å². The minimum absolute atomic E-state index is 0.329. The highest BCUT2D eigenvalue weighted by Gasteiger charge is 2.19. The standard InChI is InChI=1S/C13H26N2O/c1-3-4-8-14-9-7-13(16)15-10-5-6-12(2)11-15/h12,14H,3-11H2,1-2H3. The highest BCUT2D eigenvalue weighted by Crippen LogP contribution is 2.15. The predicted molar refractivity (Wildman–Crippen MR) is 67.4 cm³/mol. The average molecular weight is 226 g/mol. The molecule has 1 saturated heterocycles. The molecule has 1 fully saturated rings. The smallest absolute Gasteiger partial charge is 0.223 e. The molecule has 1 rings (SSSR count). The van der Waals surface area contributed by atoms with E-state index in [-0.39, 0.29) is 0 Å². The number of amides is 1. The Morgan fingerprint density at radius 3 is 2.94 bits per heavy atom. The molecule has 0 radical (unpaired) electrons. The van der Waals surface area contributed by atoms with E-state index >= 15 is 0 Å². The maximum atomic E-state index is 11.9. The Morgan fingerprint density at radius 1 is 1.44 bits per heavy atom. The predicted octanol–water partition coefficient (Wildman–Crippen LogP) is 2.02. The van der Waals surface area contributed by atoms with Gasteiger partial charge in [0.05, 0.1) is 0 Å². The SMILES string of the molecule is CCCCNCCC(=O)N1CCCC(C)C1. The first kappa shape index (κ1) is 13.5. The molecule has 0 bridgehead atoms. The van der Waals surface area contributed by atoms with Crippen LogP contribution in [0.1, 0.15) is 46.0 Å². The van der Waals surface area contributed by atoms with Crippen molar-refractivity contribution in [3.63, 3.8) is 0 Å². The van der Waals surface area contributed by atoms with Gasteiger partial charge in [-0.1, -0.05) is 20.3 Å². The topological polar surface area (TPSA) is 32.3 Å². The molecule has 1 aliphatic rings. The number of nitrogens with zero attached hydrogens (tertiary/aromatic N) is 1. The van der Waals surface area contributed by atoms with Crippen molar-refractivity contribution >= 4 is 5.91 Å². The van der Waals surface area contributed by atoms with Gasteiger partial charge in [0.2, 0.25) is 5.91 Å². The summed E-state index contributed by atoms with van der Waals surface area (Å²) in [5, 5.41) is 3.32. The normalized spacial score (nSPS) is 21.1. The van der Waals surface area contributed by atoms with Crippen LogP contribution in [0.15, 0.2) is 0 Å². The number of carbonyl (C=O) groups is 1. The number of unbranched alkanes of at least 4 members (excludes halogenated alkanes) is 1. The van der Waals surface area contributed by atoms with Gasteiger partial charge in [0.15, 0.2) is 0 Å². The van der Waals surface area contributed by atoms with Crippen LogP contribution < -0.4 is 5.32 Å². The maximum absolute atomic E-state index is 11.9. The Balaban J connectivity index is 2.09. The third-order valence-corrected chi connectivity index (χ3v) is 3.23. The van der Waals surface area contributed by atoms with E-state index in [1.165, 1.54) is 25.7 Å². The average Bonchev–Trinajstić information content (AvgIpc) is 2.28. The van der Waals surface area contributed by atoms with E-state index in [0.717, 1.165) is 26.2 Å². The van der Waals surface area contributed by atoms with Crippen molar-refractivity contribution in [1.29, 1.82) is 0 Å². The Bertz CT molecular complexity index is 206. The fourth-order valence-electron chi connectivity index (χ4n) is 2.20. The van der Waals surface area contributed by atoms with E-state index in [9.17, 15) is 4.79 Å². The van der Waals surface area contributed by atoms with Gasteiger partial charge in [-0.3, -0.25) is 4.79 Å². The zero-order valence-electron chi connectivity index (χ0n) is 10.8. The van der Waals surface area contributed by atoms with E-state index in [0.29, 0.717) is 18.2 Å². The molecule has 16 heavy (non-hydrogen) atoms.